The van der Waals surface area contributed by atoms with Gasteiger partial charge in [-0.2, -0.15) is 0 Å². The van der Waals surface area contributed by atoms with E-state index in [1.54, 1.807) is 0 Å². The molecule has 0 aliphatic heterocycles. The number of nitrogens with one attached hydrogen (secondary N) is 3. The van der Waals surface area contributed by atoms with Crippen LogP contribution in [0, 0.1) is 0 Å². The van der Waals surface area contributed by atoms with E-state index in [1.165, 1.54) is 24.3 Å². The van der Waals surface area contributed by atoms with Crippen LogP contribution in [-0.2, 0) is 19.6 Å². The summed E-state index contributed by atoms with van der Waals surface area (Å²) in [6, 6.07) is 5.61. The van der Waals surface area contributed by atoms with Crippen molar-refractivity contribution in [2.24, 2.45) is 0 Å². The highest BCUT2D eigenvalue weighted by atomic mass is 32.2. The Morgan fingerprint density at radius 2 is 1.77 bits per heavy atom. The monoisotopic (exact) mass is 343 g/mol. The van der Waals surface area contributed by atoms with E-state index >= 15 is 0 Å². The molecule has 0 unspecified atom stereocenters. The van der Waals surface area contributed by atoms with Gasteiger partial charge in [0.25, 0.3) is 10.0 Å². The lowest BCUT2D eigenvalue weighted by Gasteiger charge is -2.10. The Hall–Kier alpha value is -2.00. The quantitative estimate of drug-likeness (QED) is 0.692. The molecule has 0 radical (unpaired) electrons. The Labute approximate surface area is 134 Å². The van der Waals surface area contributed by atoms with Gasteiger partial charge in [-0.25, -0.2) is 13.1 Å². The highest BCUT2D eigenvalue weighted by molar-refractivity contribution is 7.90. The van der Waals surface area contributed by atoms with Crippen molar-refractivity contribution in [3.05, 3.63) is 24.3 Å². The Bertz CT molecular complexity index is 669. The summed E-state index contributed by atoms with van der Waals surface area (Å²) in [5, 5.41) is 5.41. The first kappa shape index (κ1) is 18.1. The summed E-state index contributed by atoms with van der Waals surface area (Å²) >= 11 is 4.97. The summed E-state index contributed by atoms with van der Waals surface area (Å²) in [4.78, 5) is 22.2. The van der Waals surface area contributed by atoms with Gasteiger partial charge in [0, 0.05) is 19.0 Å². The first-order chi connectivity index (χ1) is 10.2. The second-order valence-corrected chi connectivity index (χ2v) is 6.53. The number of carbonyl (C=O) groups is 2. The van der Waals surface area contributed by atoms with Crippen LogP contribution >= 0.6 is 12.2 Å². The molecule has 1 rings (SSSR count). The zero-order valence-corrected chi connectivity index (χ0v) is 13.8. The lowest BCUT2D eigenvalue weighted by Crippen LogP contribution is -2.33. The summed E-state index contributed by atoms with van der Waals surface area (Å²) in [7, 11) is -3.86. The van der Waals surface area contributed by atoms with E-state index in [4.69, 9.17) is 12.2 Å². The van der Waals surface area contributed by atoms with Gasteiger partial charge in [0.1, 0.15) is 0 Å². The third-order valence-electron chi connectivity index (χ3n) is 2.43. The summed E-state index contributed by atoms with van der Waals surface area (Å²) in [6.07, 6.45) is 1.08. The van der Waals surface area contributed by atoms with Crippen LogP contribution in [0.5, 0.6) is 0 Å². The van der Waals surface area contributed by atoms with E-state index in [9.17, 15) is 18.0 Å². The van der Waals surface area contributed by atoms with E-state index in [1.807, 2.05) is 11.6 Å². The zero-order valence-electron chi connectivity index (χ0n) is 12.2. The lowest BCUT2D eigenvalue weighted by atomic mass is 10.3. The molecule has 2 amide bonds. The van der Waals surface area contributed by atoms with Crippen molar-refractivity contribution in [2.45, 2.75) is 31.6 Å². The molecule has 0 aliphatic carbocycles. The lowest BCUT2D eigenvalue weighted by molar-refractivity contribution is -0.119. The Balaban J connectivity index is 2.71. The largest absolute Gasteiger partial charge is 0.332 e. The van der Waals surface area contributed by atoms with Crippen molar-refractivity contribution in [3.63, 3.8) is 0 Å². The number of anilines is 1. The van der Waals surface area contributed by atoms with Crippen molar-refractivity contribution in [1.82, 2.24) is 10.0 Å². The highest BCUT2D eigenvalue weighted by Gasteiger charge is 2.15. The SMILES string of the molecule is CCCC(=O)NC(=S)Nc1ccc(S(=O)(=O)NC(C)=O)cc1. The maximum atomic E-state index is 11.8. The molecule has 1 aromatic carbocycles. The normalized spacial score (nSPS) is 10.6. The molecule has 1 aromatic rings. The van der Waals surface area contributed by atoms with E-state index in [0.29, 0.717) is 18.5 Å². The number of carbonyl (C=O) groups excluding carboxylic acids is 2. The van der Waals surface area contributed by atoms with Crippen LogP contribution in [0.3, 0.4) is 0 Å². The van der Waals surface area contributed by atoms with Crippen LogP contribution in [0.4, 0.5) is 5.69 Å². The van der Waals surface area contributed by atoms with Gasteiger partial charge in [-0.05, 0) is 42.9 Å². The van der Waals surface area contributed by atoms with Crippen LogP contribution < -0.4 is 15.4 Å². The predicted molar refractivity (Wildman–Crippen MR) is 86.7 cm³/mol. The average molecular weight is 343 g/mol. The van der Waals surface area contributed by atoms with Crippen molar-refractivity contribution in [1.29, 1.82) is 0 Å². The minimum atomic E-state index is -3.86. The second-order valence-electron chi connectivity index (χ2n) is 4.44. The Morgan fingerprint density at radius 3 is 2.27 bits per heavy atom. The number of thiocarbonyl (C=S) groups is 1. The fourth-order valence-corrected chi connectivity index (χ4v) is 2.77. The van der Waals surface area contributed by atoms with Gasteiger partial charge in [-0.15, -0.1) is 0 Å². The van der Waals surface area contributed by atoms with Crippen molar-refractivity contribution >= 4 is 44.9 Å². The maximum Gasteiger partial charge on any atom is 0.264 e. The molecular weight excluding hydrogens is 326 g/mol. The van der Waals surface area contributed by atoms with Crippen LogP contribution in [0.2, 0.25) is 0 Å². The summed E-state index contributed by atoms with van der Waals surface area (Å²) < 4.78 is 25.4. The fourth-order valence-electron chi connectivity index (χ4n) is 1.54. The summed E-state index contributed by atoms with van der Waals surface area (Å²) in [5.41, 5.74) is 0.517. The molecular formula is C13H17N3O4S2. The molecule has 0 aromatic heterocycles. The molecule has 0 aliphatic rings. The molecule has 0 heterocycles. The molecule has 0 saturated carbocycles. The van der Waals surface area contributed by atoms with Crippen LogP contribution in [0.25, 0.3) is 0 Å². The number of rotatable bonds is 5. The topological polar surface area (TPSA) is 104 Å². The average Bonchev–Trinajstić information content (AvgIpc) is 2.37. The first-order valence-corrected chi connectivity index (χ1v) is 8.38. The molecule has 3 N–H and O–H groups in total. The second kappa shape index (κ2) is 7.85. The van der Waals surface area contributed by atoms with Gasteiger partial charge < -0.3 is 10.6 Å². The highest BCUT2D eigenvalue weighted by Crippen LogP contribution is 2.13. The Kier molecular flexibility index (Phi) is 6.44. The first-order valence-electron chi connectivity index (χ1n) is 6.49. The van der Waals surface area contributed by atoms with E-state index in [2.05, 4.69) is 10.6 Å². The van der Waals surface area contributed by atoms with Gasteiger partial charge >= 0.3 is 0 Å². The standard InChI is InChI=1S/C13H17N3O4S2/c1-3-4-12(18)15-13(21)14-10-5-7-11(8-6-10)22(19,20)16-9(2)17/h5-8H,3-4H2,1-2H3,(H,16,17)(H2,14,15,18,21). The molecule has 9 heteroatoms. The van der Waals surface area contributed by atoms with Gasteiger partial charge in [-0.1, -0.05) is 6.92 Å². The molecule has 0 spiro atoms. The van der Waals surface area contributed by atoms with Crippen molar-refractivity contribution in [3.8, 4) is 0 Å². The summed E-state index contributed by atoms with van der Waals surface area (Å²) in [5.74, 6) is -0.855. The maximum absolute atomic E-state index is 11.8. The van der Waals surface area contributed by atoms with Crippen LogP contribution in [0.15, 0.2) is 29.2 Å². The minimum Gasteiger partial charge on any atom is -0.332 e. The summed E-state index contributed by atoms with van der Waals surface area (Å²) in [6.45, 7) is 3.00. The van der Waals surface area contributed by atoms with Gasteiger partial charge in [0.05, 0.1) is 4.90 Å². The number of amides is 2. The Morgan fingerprint density at radius 1 is 1.18 bits per heavy atom. The van der Waals surface area contributed by atoms with E-state index in [0.717, 1.165) is 6.92 Å². The fraction of sp³-hybridized carbons (Fsp3) is 0.308. The van der Waals surface area contributed by atoms with Crippen molar-refractivity contribution < 1.29 is 18.0 Å². The molecule has 0 bridgehead atoms. The molecule has 0 atom stereocenters. The third-order valence-corrected chi connectivity index (χ3v) is 4.08. The smallest absolute Gasteiger partial charge is 0.264 e. The molecule has 120 valence electrons. The number of hydrogen-bond acceptors (Lipinski definition) is 5. The molecule has 7 nitrogen and oxygen atoms in total. The van der Waals surface area contributed by atoms with Gasteiger partial charge in [-0.3, -0.25) is 9.59 Å². The van der Waals surface area contributed by atoms with Crippen molar-refractivity contribution in [2.75, 3.05) is 5.32 Å². The zero-order chi connectivity index (χ0) is 16.8. The predicted octanol–water partition coefficient (Wildman–Crippen LogP) is 1.12. The molecule has 0 fully saturated rings. The van der Waals surface area contributed by atoms with Gasteiger partial charge in [0.15, 0.2) is 5.11 Å². The molecule has 22 heavy (non-hydrogen) atoms. The van der Waals surface area contributed by atoms with Gasteiger partial charge in [0.2, 0.25) is 11.8 Å². The number of hydrogen-bond donors (Lipinski definition) is 3. The molecule has 0 saturated heterocycles. The minimum absolute atomic E-state index is 0.0470. The third kappa shape index (κ3) is 5.78. The van der Waals surface area contributed by atoms with Crippen LogP contribution in [-0.4, -0.2) is 25.3 Å². The number of benzene rings is 1. The van der Waals surface area contributed by atoms with E-state index < -0.39 is 15.9 Å². The van der Waals surface area contributed by atoms with E-state index in [-0.39, 0.29) is 15.9 Å². The number of sulfonamides is 1. The van der Waals surface area contributed by atoms with Crippen LogP contribution in [0.1, 0.15) is 26.7 Å².